The minimum absolute atomic E-state index is 0.0209. The molecule has 2 aromatic carbocycles. The predicted octanol–water partition coefficient (Wildman–Crippen LogP) is 5.19. The van der Waals surface area contributed by atoms with Gasteiger partial charge in [-0.3, -0.25) is 19.6 Å². The number of methoxy groups -OCH3 is 2. The van der Waals surface area contributed by atoms with Crippen LogP contribution in [-0.2, 0) is 6.54 Å². The Labute approximate surface area is 211 Å². The van der Waals surface area contributed by atoms with Crippen molar-refractivity contribution in [3.8, 4) is 11.6 Å². The van der Waals surface area contributed by atoms with Crippen molar-refractivity contribution < 1.29 is 19.2 Å². The Morgan fingerprint density at radius 1 is 1.11 bits per heavy atom. The lowest BCUT2D eigenvalue weighted by molar-refractivity contribution is -0.384. The number of carbonyl (C=O) groups excluding carboxylic acids is 1. The maximum absolute atomic E-state index is 13.3. The van der Waals surface area contributed by atoms with Crippen LogP contribution in [0.25, 0.3) is 0 Å². The van der Waals surface area contributed by atoms with E-state index in [-0.39, 0.29) is 39.2 Å². The van der Waals surface area contributed by atoms with Crippen molar-refractivity contribution in [2.45, 2.75) is 13.5 Å². The zero-order valence-corrected chi connectivity index (χ0v) is 20.4. The molecule has 2 heterocycles. The Morgan fingerprint density at radius 2 is 1.83 bits per heavy atom. The van der Waals surface area contributed by atoms with Gasteiger partial charge in [0.2, 0.25) is 11.7 Å². The third kappa shape index (κ3) is 4.98. The van der Waals surface area contributed by atoms with Gasteiger partial charge < -0.3 is 14.8 Å². The number of benzene rings is 2. The van der Waals surface area contributed by atoms with E-state index in [0.29, 0.717) is 18.0 Å². The van der Waals surface area contributed by atoms with Gasteiger partial charge in [-0.05, 0) is 36.8 Å². The molecule has 10 nitrogen and oxygen atoms in total. The SMILES string of the molecule is COc1ccc(Cn2nc(Nc3cc(OC)ncc3C(=O)c3ccccc3Cl)c([N+](=O)[O-])c2C)cc1. The molecule has 0 fully saturated rings. The molecular weight excluding hydrogens is 486 g/mol. The van der Waals surface area contributed by atoms with Gasteiger partial charge in [-0.2, -0.15) is 0 Å². The molecule has 0 saturated heterocycles. The number of ketones is 1. The van der Waals surface area contributed by atoms with E-state index in [0.717, 1.165) is 5.56 Å². The highest BCUT2D eigenvalue weighted by Gasteiger charge is 2.27. The summed E-state index contributed by atoms with van der Waals surface area (Å²) in [6, 6.07) is 15.4. The second-order valence-corrected chi connectivity index (χ2v) is 8.16. The van der Waals surface area contributed by atoms with Crippen LogP contribution in [0, 0.1) is 17.0 Å². The fourth-order valence-electron chi connectivity index (χ4n) is 3.65. The largest absolute Gasteiger partial charge is 0.497 e. The number of nitrogens with zero attached hydrogens (tertiary/aromatic N) is 4. The van der Waals surface area contributed by atoms with Crippen LogP contribution in [0.15, 0.2) is 60.8 Å². The number of nitrogens with one attached hydrogen (secondary N) is 1. The highest BCUT2D eigenvalue weighted by atomic mass is 35.5. The summed E-state index contributed by atoms with van der Waals surface area (Å²) in [5.74, 6) is 0.486. The fourth-order valence-corrected chi connectivity index (χ4v) is 3.87. The van der Waals surface area contributed by atoms with Crippen molar-refractivity contribution >= 4 is 34.6 Å². The quantitative estimate of drug-likeness (QED) is 0.187. The van der Waals surface area contributed by atoms with Crippen LogP contribution < -0.4 is 14.8 Å². The van der Waals surface area contributed by atoms with Gasteiger partial charge in [0, 0.05) is 17.8 Å². The lowest BCUT2D eigenvalue weighted by Crippen LogP contribution is -2.08. The zero-order valence-electron chi connectivity index (χ0n) is 19.7. The van der Waals surface area contributed by atoms with Crippen LogP contribution in [-0.4, -0.2) is 39.7 Å². The summed E-state index contributed by atoms with van der Waals surface area (Å²) in [5.41, 5.74) is 1.67. The summed E-state index contributed by atoms with van der Waals surface area (Å²) >= 11 is 6.23. The summed E-state index contributed by atoms with van der Waals surface area (Å²) < 4.78 is 11.9. The smallest absolute Gasteiger partial charge is 0.334 e. The third-order valence-corrected chi connectivity index (χ3v) is 5.88. The molecule has 0 atom stereocenters. The maximum atomic E-state index is 13.3. The Balaban J connectivity index is 1.74. The van der Waals surface area contributed by atoms with Crippen LogP contribution >= 0.6 is 11.6 Å². The van der Waals surface area contributed by atoms with E-state index in [1.807, 2.05) is 12.1 Å². The topological polar surface area (TPSA) is 121 Å². The second-order valence-electron chi connectivity index (χ2n) is 7.75. The van der Waals surface area contributed by atoms with E-state index in [2.05, 4.69) is 15.4 Å². The van der Waals surface area contributed by atoms with Crippen LogP contribution in [0.3, 0.4) is 0 Å². The summed E-state index contributed by atoms with van der Waals surface area (Å²) in [5, 5.41) is 19.6. The Morgan fingerprint density at radius 3 is 2.47 bits per heavy atom. The van der Waals surface area contributed by atoms with Gasteiger partial charge in [-0.1, -0.05) is 35.9 Å². The number of halogens is 1. The van der Waals surface area contributed by atoms with E-state index in [1.54, 1.807) is 50.4 Å². The number of carbonyl (C=O) groups is 1. The van der Waals surface area contributed by atoms with Gasteiger partial charge in [0.05, 0.1) is 42.0 Å². The fraction of sp³-hybridized carbons (Fsp3) is 0.160. The van der Waals surface area contributed by atoms with Gasteiger partial charge in [-0.15, -0.1) is 5.10 Å². The molecule has 0 aliphatic carbocycles. The molecule has 0 amide bonds. The van der Waals surface area contributed by atoms with E-state index < -0.39 is 10.7 Å². The first-order chi connectivity index (χ1) is 17.3. The van der Waals surface area contributed by atoms with E-state index in [4.69, 9.17) is 21.1 Å². The van der Waals surface area contributed by atoms with Crippen molar-refractivity contribution in [2.24, 2.45) is 0 Å². The van der Waals surface area contributed by atoms with Crippen molar-refractivity contribution in [2.75, 3.05) is 19.5 Å². The van der Waals surface area contributed by atoms with E-state index in [9.17, 15) is 14.9 Å². The van der Waals surface area contributed by atoms with Gasteiger partial charge in [0.15, 0.2) is 5.78 Å². The first-order valence-corrected chi connectivity index (χ1v) is 11.1. The number of rotatable bonds is 9. The molecule has 36 heavy (non-hydrogen) atoms. The van der Waals surface area contributed by atoms with Crippen molar-refractivity contribution in [1.29, 1.82) is 0 Å². The molecule has 0 aliphatic rings. The third-order valence-electron chi connectivity index (χ3n) is 5.55. The molecule has 0 radical (unpaired) electrons. The first kappa shape index (κ1) is 24.7. The van der Waals surface area contributed by atoms with Crippen LogP contribution in [0.1, 0.15) is 27.2 Å². The summed E-state index contributed by atoms with van der Waals surface area (Å²) in [4.78, 5) is 28.9. The Kier molecular flexibility index (Phi) is 7.16. The first-order valence-electron chi connectivity index (χ1n) is 10.8. The molecule has 0 aliphatic heterocycles. The Bertz CT molecular complexity index is 1440. The van der Waals surface area contributed by atoms with Crippen LogP contribution in [0.2, 0.25) is 5.02 Å². The van der Waals surface area contributed by atoms with Crippen LogP contribution in [0.4, 0.5) is 17.2 Å². The standard InChI is InChI=1S/C25H22ClN5O5/c1-15-23(31(33)34)25(29-30(15)14-16-8-10-17(35-2)11-9-16)28-21-12-22(36-3)27-13-19(21)24(32)18-6-4-5-7-20(18)26/h4-13H,14H2,1-3H3,(H,27,28,29). The highest BCUT2D eigenvalue weighted by molar-refractivity contribution is 6.35. The normalized spacial score (nSPS) is 10.7. The number of hydrogen-bond acceptors (Lipinski definition) is 8. The van der Waals surface area contributed by atoms with Crippen molar-refractivity contribution in [3.63, 3.8) is 0 Å². The Hall–Kier alpha value is -4.44. The second kappa shape index (κ2) is 10.4. The number of pyridine rings is 1. The van der Waals surface area contributed by atoms with Crippen molar-refractivity contribution in [3.05, 3.63) is 98.3 Å². The summed E-state index contributed by atoms with van der Waals surface area (Å²) in [7, 11) is 3.00. The van der Waals surface area contributed by atoms with Crippen molar-refractivity contribution in [1.82, 2.24) is 14.8 Å². The minimum atomic E-state index is -0.511. The van der Waals surface area contributed by atoms with Gasteiger partial charge >= 0.3 is 5.69 Å². The zero-order chi connectivity index (χ0) is 25.8. The van der Waals surface area contributed by atoms with Gasteiger partial charge in [0.25, 0.3) is 0 Å². The number of anilines is 2. The molecule has 184 valence electrons. The number of ether oxygens (including phenoxy) is 2. The molecule has 4 rings (SSSR count). The van der Waals surface area contributed by atoms with E-state index in [1.165, 1.54) is 24.1 Å². The van der Waals surface area contributed by atoms with Gasteiger partial charge in [0.1, 0.15) is 11.4 Å². The molecule has 0 saturated carbocycles. The summed E-state index contributed by atoms with van der Waals surface area (Å²) in [6.45, 7) is 1.91. The minimum Gasteiger partial charge on any atom is -0.497 e. The number of hydrogen-bond donors (Lipinski definition) is 1. The molecule has 11 heteroatoms. The van der Waals surface area contributed by atoms with E-state index >= 15 is 0 Å². The molecular formula is C25H22ClN5O5. The molecule has 0 spiro atoms. The number of nitro groups is 1. The van der Waals surface area contributed by atoms with Gasteiger partial charge in [-0.25, -0.2) is 4.98 Å². The lowest BCUT2D eigenvalue weighted by atomic mass is 10.0. The monoisotopic (exact) mass is 507 g/mol. The summed E-state index contributed by atoms with van der Waals surface area (Å²) in [6.07, 6.45) is 1.33. The molecule has 0 unspecified atom stereocenters. The maximum Gasteiger partial charge on any atom is 0.334 e. The number of aromatic nitrogens is 3. The van der Waals surface area contributed by atoms with Crippen LogP contribution in [0.5, 0.6) is 11.6 Å². The highest BCUT2D eigenvalue weighted by Crippen LogP contribution is 2.34. The predicted molar refractivity (Wildman–Crippen MR) is 135 cm³/mol. The molecule has 1 N–H and O–H groups in total. The average Bonchev–Trinajstić information content (AvgIpc) is 3.18. The lowest BCUT2D eigenvalue weighted by Gasteiger charge is -2.11. The molecule has 4 aromatic rings. The molecule has 2 aromatic heterocycles. The average molecular weight is 508 g/mol. The molecule has 0 bridgehead atoms.